The smallest absolute Gasteiger partial charge is 0.0483 e. The van der Waals surface area contributed by atoms with Crippen LogP contribution in [0.5, 0.6) is 0 Å². The molecular weight excluding hydrogens is 212 g/mol. The van der Waals surface area contributed by atoms with Gasteiger partial charge in [-0.3, -0.25) is 0 Å². The molecule has 2 rings (SSSR count). The fourth-order valence-corrected chi connectivity index (χ4v) is 3.04. The third-order valence-corrected chi connectivity index (χ3v) is 4.61. The Hall–Kier alpha value is -0.120. The number of nitrogens with two attached hydrogens (primary N) is 1. The van der Waals surface area contributed by atoms with E-state index in [0.717, 1.165) is 32.6 Å². The van der Waals surface area contributed by atoms with E-state index in [4.69, 9.17) is 10.5 Å². The maximum absolute atomic E-state index is 6.27. The molecule has 0 aromatic carbocycles. The normalized spacial score (nSPS) is 34.2. The zero-order valence-corrected chi connectivity index (χ0v) is 11.2. The van der Waals surface area contributed by atoms with Crippen molar-refractivity contribution in [3.63, 3.8) is 0 Å². The molecule has 0 radical (unpaired) electrons. The molecule has 1 heterocycles. The molecule has 1 saturated heterocycles. The molecule has 0 aromatic heterocycles. The average molecular weight is 240 g/mol. The van der Waals surface area contributed by atoms with Gasteiger partial charge < -0.3 is 15.8 Å². The molecule has 0 spiro atoms. The third kappa shape index (κ3) is 3.94. The van der Waals surface area contributed by atoms with Crippen molar-refractivity contribution in [1.29, 1.82) is 0 Å². The first kappa shape index (κ1) is 13.3. The molecule has 3 nitrogen and oxygen atoms in total. The summed E-state index contributed by atoms with van der Waals surface area (Å²) in [5.41, 5.74) is 6.56. The van der Waals surface area contributed by atoms with Gasteiger partial charge in [-0.25, -0.2) is 0 Å². The lowest BCUT2D eigenvalue weighted by Crippen LogP contribution is -2.50. The van der Waals surface area contributed by atoms with Gasteiger partial charge in [0.1, 0.15) is 0 Å². The molecule has 2 atom stereocenters. The highest BCUT2D eigenvalue weighted by Crippen LogP contribution is 2.24. The molecule has 3 N–H and O–H groups in total. The van der Waals surface area contributed by atoms with Crippen molar-refractivity contribution in [1.82, 2.24) is 5.32 Å². The van der Waals surface area contributed by atoms with E-state index in [1.54, 1.807) is 0 Å². The summed E-state index contributed by atoms with van der Waals surface area (Å²) in [6, 6.07) is 0.411. The van der Waals surface area contributed by atoms with Crippen LogP contribution in [0.25, 0.3) is 0 Å². The van der Waals surface area contributed by atoms with Gasteiger partial charge in [-0.05, 0) is 45.1 Å². The predicted octanol–water partition coefficient (Wildman–Crippen LogP) is 2.05. The molecular formula is C14H28N2O. The Kier molecular flexibility index (Phi) is 4.83. The van der Waals surface area contributed by atoms with Crippen molar-refractivity contribution in [2.24, 2.45) is 11.7 Å². The number of hydrogen-bond acceptors (Lipinski definition) is 3. The number of hydrogen-bond donors (Lipinski definition) is 2. The summed E-state index contributed by atoms with van der Waals surface area (Å²) >= 11 is 0. The lowest BCUT2D eigenvalue weighted by atomic mass is 9.89. The Morgan fingerprint density at radius 1 is 1.18 bits per heavy atom. The summed E-state index contributed by atoms with van der Waals surface area (Å²) in [5, 5.41) is 3.77. The SMILES string of the molecule is CC1(NCC2CCCCCC2N)CCOCC1. The number of nitrogens with one attached hydrogen (secondary N) is 1. The van der Waals surface area contributed by atoms with E-state index in [-0.39, 0.29) is 5.54 Å². The molecule has 1 aliphatic heterocycles. The Balaban J connectivity index is 1.79. The van der Waals surface area contributed by atoms with Gasteiger partial charge in [-0.1, -0.05) is 19.3 Å². The highest BCUT2D eigenvalue weighted by Gasteiger charge is 2.29. The standard InChI is InChI=1S/C14H28N2O/c1-14(7-9-17-10-8-14)16-11-12-5-3-2-4-6-13(12)15/h12-13,16H,2-11,15H2,1H3. The van der Waals surface area contributed by atoms with E-state index in [2.05, 4.69) is 12.2 Å². The first-order valence-corrected chi connectivity index (χ1v) is 7.28. The van der Waals surface area contributed by atoms with Crippen LogP contribution in [0.3, 0.4) is 0 Å². The molecule has 2 fully saturated rings. The van der Waals surface area contributed by atoms with Crippen LogP contribution in [0.2, 0.25) is 0 Å². The maximum atomic E-state index is 6.27. The second-order valence-corrected chi connectivity index (χ2v) is 6.12. The van der Waals surface area contributed by atoms with Crippen LogP contribution in [0.1, 0.15) is 51.9 Å². The lowest BCUT2D eigenvalue weighted by Gasteiger charge is -2.36. The minimum absolute atomic E-state index is 0.282. The van der Waals surface area contributed by atoms with E-state index < -0.39 is 0 Å². The van der Waals surface area contributed by atoms with Crippen LogP contribution in [0, 0.1) is 5.92 Å². The monoisotopic (exact) mass is 240 g/mol. The Morgan fingerprint density at radius 3 is 2.65 bits per heavy atom. The van der Waals surface area contributed by atoms with Crippen molar-refractivity contribution in [3.05, 3.63) is 0 Å². The lowest BCUT2D eigenvalue weighted by molar-refractivity contribution is 0.0431. The Labute approximate surface area is 105 Å². The van der Waals surface area contributed by atoms with Gasteiger partial charge in [0, 0.05) is 24.8 Å². The van der Waals surface area contributed by atoms with Crippen LogP contribution in [-0.4, -0.2) is 31.3 Å². The molecule has 1 aliphatic carbocycles. The highest BCUT2D eigenvalue weighted by atomic mass is 16.5. The minimum Gasteiger partial charge on any atom is -0.381 e. The van der Waals surface area contributed by atoms with Crippen molar-refractivity contribution in [2.75, 3.05) is 19.8 Å². The van der Waals surface area contributed by atoms with Crippen LogP contribution < -0.4 is 11.1 Å². The average Bonchev–Trinajstić information content (AvgIpc) is 2.53. The van der Waals surface area contributed by atoms with Crippen molar-refractivity contribution < 1.29 is 4.74 Å². The number of rotatable bonds is 3. The summed E-state index contributed by atoms with van der Waals surface area (Å²) in [7, 11) is 0. The summed E-state index contributed by atoms with van der Waals surface area (Å²) < 4.78 is 5.43. The van der Waals surface area contributed by atoms with Gasteiger partial charge in [-0.15, -0.1) is 0 Å². The quantitative estimate of drug-likeness (QED) is 0.742. The van der Waals surface area contributed by atoms with Crippen molar-refractivity contribution in [3.8, 4) is 0 Å². The van der Waals surface area contributed by atoms with E-state index in [0.29, 0.717) is 12.0 Å². The second kappa shape index (κ2) is 6.17. The van der Waals surface area contributed by atoms with Gasteiger partial charge in [0.2, 0.25) is 0 Å². The van der Waals surface area contributed by atoms with Gasteiger partial charge in [0.15, 0.2) is 0 Å². The highest BCUT2D eigenvalue weighted by molar-refractivity contribution is 4.88. The molecule has 2 unspecified atom stereocenters. The van der Waals surface area contributed by atoms with E-state index in [9.17, 15) is 0 Å². The molecule has 2 aliphatic rings. The van der Waals surface area contributed by atoms with Gasteiger partial charge in [0.05, 0.1) is 0 Å². The van der Waals surface area contributed by atoms with Crippen LogP contribution in [0.4, 0.5) is 0 Å². The number of ether oxygens (including phenoxy) is 1. The third-order valence-electron chi connectivity index (χ3n) is 4.61. The first-order valence-electron chi connectivity index (χ1n) is 7.28. The summed E-state index contributed by atoms with van der Waals surface area (Å²) in [6.45, 7) is 5.23. The van der Waals surface area contributed by atoms with E-state index in [1.165, 1.54) is 32.1 Å². The fraction of sp³-hybridized carbons (Fsp3) is 1.00. The maximum Gasteiger partial charge on any atom is 0.0483 e. The fourth-order valence-electron chi connectivity index (χ4n) is 3.04. The van der Waals surface area contributed by atoms with Crippen LogP contribution in [-0.2, 0) is 4.74 Å². The van der Waals surface area contributed by atoms with E-state index in [1.807, 2.05) is 0 Å². The topological polar surface area (TPSA) is 47.3 Å². The van der Waals surface area contributed by atoms with Gasteiger partial charge >= 0.3 is 0 Å². The zero-order chi connectivity index (χ0) is 12.1. The molecule has 3 heteroatoms. The summed E-state index contributed by atoms with van der Waals surface area (Å²) in [6.07, 6.45) is 8.84. The van der Waals surface area contributed by atoms with Gasteiger partial charge in [0.25, 0.3) is 0 Å². The summed E-state index contributed by atoms with van der Waals surface area (Å²) in [5.74, 6) is 0.678. The Bertz CT molecular complexity index is 226. The first-order chi connectivity index (χ1) is 8.20. The predicted molar refractivity (Wildman–Crippen MR) is 71.0 cm³/mol. The van der Waals surface area contributed by atoms with Crippen molar-refractivity contribution in [2.45, 2.75) is 63.5 Å². The molecule has 100 valence electrons. The molecule has 1 saturated carbocycles. The largest absolute Gasteiger partial charge is 0.381 e. The Morgan fingerprint density at radius 2 is 1.88 bits per heavy atom. The van der Waals surface area contributed by atoms with Crippen molar-refractivity contribution >= 4 is 0 Å². The molecule has 0 amide bonds. The molecule has 17 heavy (non-hydrogen) atoms. The van der Waals surface area contributed by atoms with Crippen LogP contribution in [0.15, 0.2) is 0 Å². The van der Waals surface area contributed by atoms with Gasteiger partial charge in [-0.2, -0.15) is 0 Å². The molecule has 0 aromatic rings. The van der Waals surface area contributed by atoms with Crippen LogP contribution >= 0.6 is 0 Å². The minimum atomic E-state index is 0.282. The van der Waals surface area contributed by atoms with E-state index >= 15 is 0 Å². The molecule has 0 bridgehead atoms. The zero-order valence-electron chi connectivity index (χ0n) is 11.2. The second-order valence-electron chi connectivity index (χ2n) is 6.12. The summed E-state index contributed by atoms with van der Waals surface area (Å²) in [4.78, 5) is 0.